The minimum Gasteiger partial charge on any atom is -0.378 e. The van der Waals surface area contributed by atoms with Gasteiger partial charge in [0.25, 0.3) is 0 Å². The van der Waals surface area contributed by atoms with Crippen LogP contribution in [0.5, 0.6) is 0 Å². The van der Waals surface area contributed by atoms with Crippen molar-refractivity contribution in [1.29, 1.82) is 0 Å². The quantitative estimate of drug-likeness (QED) is 0.604. The Hall–Kier alpha value is -1.87. The van der Waals surface area contributed by atoms with E-state index in [0.717, 1.165) is 26.8 Å². The molecule has 0 radical (unpaired) electrons. The zero-order valence-electron chi connectivity index (χ0n) is 13.9. The molecule has 0 spiro atoms. The highest BCUT2D eigenvalue weighted by molar-refractivity contribution is 9.10. The Morgan fingerprint density at radius 1 is 1.04 bits per heavy atom. The third kappa shape index (κ3) is 3.25. The van der Waals surface area contributed by atoms with Gasteiger partial charge in [0.1, 0.15) is 0 Å². The third-order valence-corrected chi connectivity index (χ3v) is 4.88. The molecule has 0 aliphatic heterocycles. The van der Waals surface area contributed by atoms with E-state index in [1.807, 2.05) is 13.0 Å². The van der Waals surface area contributed by atoms with Crippen molar-refractivity contribution in [3.63, 3.8) is 0 Å². The molecule has 1 aromatic heterocycles. The van der Waals surface area contributed by atoms with E-state index in [-0.39, 0.29) is 6.04 Å². The summed E-state index contributed by atoms with van der Waals surface area (Å²) >= 11 is 3.56. The van der Waals surface area contributed by atoms with Crippen LogP contribution in [0.4, 0.5) is 5.69 Å². The SMILES string of the molecule is Cc1cc(N[C@H](C)c2cccc(C)c2C)c2cc(Br)ccc2n1. The van der Waals surface area contributed by atoms with E-state index >= 15 is 0 Å². The van der Waals surface area contributed by atoms with E-state index < -0.39 is 0 Å². The molecule has 118 valence electrons. The topological polar surface area (TPSA) is 24.9 Å². The molecule has 0 saturated heterocycles. The first-order chi connectivity index (χ1) is 11.0. The first-order valence-electron chi connectivity index (χ1n) is 7.85. The van der Waals surface area contributed by atoms with Crippen LogP contribution in [0.15, 0.2) is 46.9 Å². The van der Waals surface area contributed by atoms with Crippen LogP contribution in [-0.2, 0) is 0 Å². The Kier molecular flexibility index (Phi) is 4.40. The number of hydrogen-bond donors (Lipinski definition) is 1. The molecule has 1 atom stereocenters. The normalized spacial score (nSPS) is 12.4. The average Bonchev–Trinajstić information content (AvgIpc) is 2.50. The number of nitrogens with zero attached hydrogens (tertiary/aromatic N) is 1. The maximum Gasteiger partial charge on any atom is 0.0726 e. The van der Waals surface area contributed by atoms with Crippen molar-refractivity contribution in [1.82, 2.24) is 4.98 Å². The highest BCUT2D eigenvalue weighted by Gasteiger charge is 2.12. The summed E-state index contributed by atoms with van der Waals surface area (Å²) < 4.78 is 1.07. The van der Waals surface area contributed by atoms with Crippen molar-refractivity contribution < 1.29 is 0 Å². The van der Waals surface area contributed by atoms with Gasteiger partial charge in [-0.05, 0) is 68.7 Å². The number of aromatic nitrogens is 1. The number of fused-ring (bicyclic) bond motifs is 1. The van der Waals surface area contributed by atoms with E-state index in [1.54, 1.807) is 0 Å². The zero-order chi connectivity index (χ0) is 16.6. The molecular weight excluding hydrogens is 348 g/mol. The second-order valence-electron chi connectivity index (χ2n) is 6.13. The molecular formula is C20H21BrN2. The molecule has 3 heteroatoms. The second-order valence-corrected chi connectivity index (χ2v) is 7.04. The summed E-state index contributed by atoms with van der Waals surface area (Å²) in [5.74, 6) is 0. The van der Waals surface area contributed by atoms with Gasteiger partial charge in [-0.25, -0.2) is 0 Å². The molecule has 2 nitrogen and oxygen atoms in total. The number of hydrogen-bond acceptors (Lipinski definition) is 2. The number of halogens is 1. The maximum atomic E-state index is 4.63. The summed E-state index contributed by atoms with van der Waals surface area (Å²) in [7, 11) is 0. The van der Waals surface area contributed by atoms with Gasteiger partial charge in [-0.3, -0.25) is 4.98 Å². The summed E-state index contributed by atoms with van der Waals surface area (Å²) in [6, 6.07) is 15.1. The molecule has 1 heterocycles. The Morgan fingerprint density at radius 3 is 2.61 bits per heavy atom. The zero-order valence-corrected chi connectivity index (χ0v) is 15.5. The molecule has 3 rings (SSSR count). The van der Waals surface area contributed by atoms with Crippen LogP contribution in [0, 0.1) is 20.8 Å². The van der Waals surface area contributed by atoms with Crippen LogP contribution in [0.1, 0.15) is 35.3 Å². The highest BCUT2D eigenvalue weighted by atomic mass is 79.9. The van der Waals surface area contributed by atoms with E-state index in [1.165, 1.54) is 16.7 Å². The molecule has 0 saturated carbocycles. The van der Waals surface area contributed by atoms with Crippen molar-refractivity contribution in [2.24, 2.45) is 0 Å². The predicted molar refractivity (Wildman–Crippen MR) is 102 cm³/mol. The van der Waals surface area contributed by atoms with Gasteiger partial charge >= 0.3 is 0 Å². The predicted octanol–water partition coefficient (Wildman–Crippen LogP) is 6.10. The molecule has 0 bridgehead atoms. The summed E-state index contributed by atoms with van der Waals surface area (Å²) in [4.78, 5) is 4.63. The number of rotatable bonds is 3. The van der Waals surface area contributed by atoms with Crippen molar-refractivity contribution in [2.75, 3.05) is 5.32 Å². The van der Waals surface area contributed by atoms with Gasteiger partial charge in [0.2, 0.25) is 0 Å². The van der Waals surface area contributed by atoms with Crippen LogP contribution in [-0.4, -0.2) is 4.98 Å². The molecule has 1 N–H and O–H groups in total. The Morgan fingerprint density at radius 2 is 1.83 bits per heavy atom. The monoisotopic (exact) mass is 368 g/mol. The fourth-order valence-electron chi connectivity index (χ4n) is 3.00. The molecule has 0 amide bonds. The van der Waals surface area contributed by atoms with E-state index in [4.69, 9.17) is 0 Å². The highest BCUT2D eigenvalue weighted by Crippen LogP contribution is 2.30. The van der Waals surface area contributed by atoms with E-state index in [0.29, 0.717) is 0 Å². The van der Waals surface area contributed by atoms with Gasteiger partial charge in [-0.1, -0.05) is 34.1 Å². The average molecular weight is 369 g/mol. The van der Waals surface area contributed by atoms with Gasteiger partial charge in [-0.15, -0.1) is 0 Å². The van der Waals surface area contributed by atoms with Crippen molar-refractivity contribution in [3.8, 4) is 0 Å². The van der Waals surface area contributed by atoms with Crippen LogP contribution in [0.2, 0.25) is 0 Å². The van der Waals surface area contributed by atoms with Gasteiger partial charge in [0.05, 0.1) is 5.52 Å². The van der Waals surface area contributed by atoms with E-state index in [2.05, 4.69) is 83.4 Å². The fourth-order valence-corrected chi connectivity index (χ4v) is 3.36. The van der Waals surface area contributed by atoms with Gasteiger partial charge in [0, 0.05) is 27.3 Å². The Labute approximate surface area is 146 Å². The van der Waals surface area contributed by atoms with Crippen LogP contribution >= 0.6 is 15.9 Å². The van der Waals surface area contributed by atoms with Crippen LogP contribution < -0.4 is 5.32 Å². The lowest BCUT2D eigenvalue weighted by molar-refractivity contribution is 0.872. The maximum absolute atomic E-state index is 4.63. The third-order valence-electron chi connectivity index (χ3n) is 4.38. The lowest BCUT2D eigenvalue weighted by Gasteiger charge is -2.20. The number of benzene rings is 2. The molecule has 0 aliphatic carbocycles. The van der Waals surface area contributed by atoms with Crippen molar-refractivity contribution in [3.05, 3.63) is 69.3 Å². The first kappa shape index (κ1) is 16.0. The molecule has 0 aliphatic rings. The summed E-state index contributed by atoms with van der Waals surface area (Å²) in [6.07, 6.45) is 0. The molecule has 0 fully saturated rings. The second kappa shape index (κ2) is 6.32. The standard InChI is InChI=1S/C20H21BrN2/c1-12-6-5-7-17(14(12)3)15(4)23-20-10-13(2)22-19-9-8-16(21)11-18(19)20/h5-11,15H,1-4H3,(H,22,23)/t15-/m1/s1. The lowest BCUT2D eigenvalue weighted by Crippen LogP contribution is -2.09. The molecule has 2 aromatic carbocycles. The van der Waals surface area contributed by atoms with Crippen molar-refractivity contribution >= 4 is 32.5 Å². The smallest absolute Gasteiger partial charge is 0.0726 e. The minimum atomic E-state index is 0.235. The van der Waals surface area contributed by atoms with Gasteiger partial charge in [-0.2, -0.15) is 0 Å². The summed E-state index contributed by atoms with van der Waals surface area (Å²) in [5, 5.41) is 4.82. The number of aryl methyl sites for hydroxylation is 2. The molecule has 23 heavy (non-hydrogen) atoms. The largest absolute Gasteiger partial charge is 0.378 e. The lowest BCUT2D eigenvalue weighted by atomic mass is 9.98. The van der Waals surface area contributed by atoms with E-state index in [9.17, 15) is 0 Å². The molecule has 3 aromatic rings. The van der Waals surface area contributed by atoms with Gasteiger partial charge < -0.3 is 5.32 Å². The van der Waals surface area contributed by atoms with Crippen LogP contribution in [0.3, 0.4) is 0 Å². The number of anilines is 1. The minimum absolute atomic E-state index is 0.235. The Bertz CT molecular complexity index is 871. The van der Waals surface area contributed by atoms with Gasteiger partial charge in [0.15, 0.2) is 0 Å². The summed E-state index contributed by atoms with van der Waals surface area (Å²) in [6.45, 7) is 8.60. The fraction of sp³-hybridized carbons (Fsp3) is 0.250. The van der Waals surface area contributed by atoms with Crippen LogP contribution in [0.25, 0.3) is 10.9 Å². The number of nitrogens with one attached hydrogen (secondary N) is 1. The summed E-state index contributed by atoms with van der Waals surface area (Å²) in [5.41, 5.74) is 7.18. The Balaban J connectivity index is 2.04. The number of pyridine rings is 1. The molecule has 0 unspecified atom stereocenters. The first-order valence-corrected chi connectivity index (χ1v) is 8.64. The van der Waals surface area contributed by atoms with Crippen molar-refractivity contribution in [2.45, 2.75) is 33.7 Å².